The topological polar surface area (TPSA) is 55.1 Å². The van der Waals surface area contributed by atoms with Crippen LogP contribution in [0.4, 0.5) is 5.82 Å². The average molecular weight is 189 g/mol. The van der Waals surface area contributed by atoms with Crippen LogP contribution in [0.1, 0.15) is 24.5 Å². The molecular formula is C9H11N5. The number of hydrogen-bond acceptors (Lipinski definition) is 4. The molecule has 0 aromatic carbocycles. The maximum Gasteiger partial charge on any atom is 0.254 e. The molecule has 2 heterocycles. The second-order valence-corrected chi connectivity index (χ2v) is 3.56. The molecule has 0 bridgehead atoms. The predicted octanol–water partition coefficient (Wildman–Crippen LogP) is 1.04. The van der Waals surface area contributed by atoms with E-state index in [2.05, 4.69) is 26.4 Å². The minimum Gasteiger partial charge on any atom is -0.373 e. The van der Waals surface area contributed by atoms with Gasteiger partial charge in [0, 0.05) is 19.0 Å². The summed E-state index contributed by atoms with van der Waals surface area (Å²) >= 11 is 0. The molecule has 0 atom stereocenters. The third kappa shape index (κ3) is 1.05. The minimum atomic E-state index is 0.642. The minimum absolute atomic E-state index is 0.642. The van der Waals surface area contributed by atoms with Crippen LogP contribution >= 0.6 is 0 Å². The molecule has 1 N–H and O–H groups in total. The quantitative estimate of drug-likeness (QED) is 0.767. The van der Waals surface area contributed by atoms with E-state index in [1.807, 2.05) is 7.05 Å². The molecular weight excluding hydrogens is 178 g/mol. The van der Waals surface area contributed by atoms with E-state index in [4.69, 9.17) is 0 Å². The van der Waals surface area contributed by atoms with Crippen molar-refractivity contribution in [2.45, 2.75) is 18.8 Å². The summed E-state index contributed by atoms with van der Waals surface area (Å²) in [6.45, 7) is 0. The van der Waals surface area contributed by atoms with Crippen LogP contribution in [0.15, 0.2) is 12.4 Å². The van der Waals surface area contributed by atoms with Crippen molar-refractivity contribution in [1.29, 1.82) is 0 Å². The molecule has 14 heavy (non-hydrogen) atoms. The third-order valence-electron chi connectivity index (χ3n) is 2.52. The first-order valence-electron chi connectivity index (χ1n) is 4.77. The molecule has 0 amide bonds. The molecule has 1 fully saturated rings. The summed E-state index contributed by atoms with van der Waals surface area (Å²) in [5.41, 5.74) is 1.13. The molecule has 2 aromatic rings. The van der Waals surface area contributed by atoms with E-state index in [1.165, 1.54) is 19.2 Å². The van der Waals surface area contributed by atoms with Crippen LogP contribution in [0.25, 0.3) is 5.78 Å². The first-order valence-corrected chi connectivity index (χ1v) is 4.77. The summed E-state index contributed by atoms with van der Waals surface area (Å²) in [7, 11) is 1.88. The van der Waals surface area contributed by atoms with Crippen LogP contribution in [0.5, 0.6) is 0 Å². The lowest BCUT2D eigenvalue weighted by molar-refractivity contribution is 0.911. The lowest BCUT2D eigenvalue weighted by Gasteiger charge is -2.04. The highest BCUT2D eigenvalue weighted by Crippen LogP contribution is 2.39. The van der Waals surface area contributed by atoms with Gasteiger partial charge in [-0.25, -0.2) is 4.98 Å². The summed E-state index contributed by atoms with van der Waals surface area (Å²) in [5, 5.41) is 7.19. The normalized spacial score (nSPS) is 16.1. The largest absolute Gasteiger partial charge is 0.373 e. The van der Waals surface area contributed by atoms with E-state index in [0.717, 1.165) is 11.5 Å². The standard InChI is InChI=1S/C9H11N5/c1-10-8-4-7(6-2-3-6)13-9-11-5-12-14(8)9/h4-6,10H,2-3H2,1H3. The average Bonchev–Trinajstić information content (AvgIpc) is 2.95. The number of anilines is 1. The summed E-state index contributed by atoms with van der Waals surface area (Å²) in [6, 6.07) is 2.05. The fourth-order valence-corrected chi connectivity index (χ4v) is 1.60. The van der Waals surface area contributed by atoms with Gasteiger partial charge in [-0.05, 0) is 12.8 Å². The highest BCUT2D eigenvalue weighted by molar-refractivity contribution is 5.45. The molecule has 5 heteroatoms. The van der Waals surface area contributed by atoms with Gasteiger partial charge in [-0.2, -0.15) is 14.6 Å². The molecule has 0 unspecified atom stereocenters. The number of hydrogen-bond donors (Lipinski definition) is 1. The van der Waals surface area contributed by atoms with E-state index in [9.17, 15) is 0 Å². The Morgan fingerprint density at radius 2 is 2.36 bits per heavy atom. The lowest BCUT2D eigenvalue weighted by Crippen LogP contribution is -2.03. The summed E-state index contributed by atoms with van der Waals surface area (Å²) in [5.74, 6) is 2.27. The third-order valence-corrected chi connectivity index (χ3v) is 2.52. The van der Waals surface area contributed by atoms with Gasteiger partial charge < -0.3 is 5.32 Å². The van der Waals surface area contributed by atoms with Crippen LogP contribution in [0.3, 0.4) is 0 Å². The van der Waals surface area contributed by atoms with Crippen LogP contribution in [0, 0.1) is 0 Å². The molecule has 1 aliphatic carbocycles. The summed E-state index contributed by atoms with van der Waals surface area (Å²) < 4.78 is 1.71. The van der Waals surface area contributed by atoms with Crippen molar-refractivity contribution in [3.63, 3.8) is 0 Å². The second-order valence-electron chi connectivity index (χ2n) is 3.56. The van der Waals surface area contributed by atoms with E-state index < -0.39 is 0 Å². The van der Waals surface area contributed by atoms with Gasteiger partial charge >= 0.3 is 0 Å². The summed E-state index contributed by atoms with van der Waals surface area (Å²) in [6.07, 6.45) is 4.03. The van der Waals surface area contributed by atoms with Crippen molar-refractivity contribution in [1.82, 2.24) is 19.6 Å². The van der Waals surface area contributed by atoms with E-state index >= 15 is 0 Å². The number of fused-ring (bicyclic) bond motifs is 1. The van der Waals surface area contributed by atoms with Gasteiger partial charge in [0.2, 0.25) is 0 Å². The first-order chi connectivity index (χ1) is 6.88. The van der Waals surface area contributed by atoms with Gasteiger partial charge in [0.05, 0.1) is 5.69 Å². The van der Waals surface area contributed by atoms with Gasteiger partial charge in [-0.1, -0.05) is 0 Å². The Bertz CT molecular complexity index is 471. The zero-order valence-corrected chi connectivity index (χ0v) is 7.94. The Morgan fingerprint density at radius 1 is 1.50 bits per heavy atom. The Hall–Kier alpha value is -1.65. The fraction of sp³-hybridized carbons (Fsp3) is 0.444. The van der Waals surface area contributed by atoms with Crippen LogP contribution in [0.2, 0.25) is 0 Å². The molecule has 0 aliphatic heterocycles. The maximum absolute atomic E-state index is 4.46. The lowest BCUT2D eigenvalue weighted by atomic mass is 10.3. The predicted molar refractivity (Wildman–Crippen MR) is 52.3 cm³/mol. The Labute approximate surface area is 81.2 Å². The van der Waals surface area contributed by atoms with Gasteiger partial charge in [0.1, 0.15) is 12.1 Å². The van der Waals surface area contributed by atoms with Gasteiger partial charge in [-0.3, -0.25) is 0 Å². The van der Waals surface area contributed by atoms with Crippen LogP contribution < -0.4 is 5.32 Å². The number of aromatic nitrogens is 4. The van der Waals surface area contributed by atoms with Crippen LogP contribution in [-0.2, 0) is 0 Å². The molecule has 5 nitrogen and oxygen atoms in total. The molecule has 72 valence electrons. The SMILES string of the molecule is CNc1cc(C2CC2)nc2ncnn12. The van der Waals surface area contributed by atoms with Crippen molar-refractivity contribution in [3.8, 4) is 0 Å². The van der Waals surface area contributed by atoms with Crippen molar-refractivity contribution < 1.29 is 0 Å². The van der Waals surface area contributed by atoms with E-state index in [-0.39, 0.29) is 0 Å². The van der Waals surface area contributed by atoms with Crippen LogP contribution in [-0.4, -0.2) is 26.6 Å². The molecule has 3 rings (SSSR count). The first kappa shape index (κ1) is 7.73. The molecule has 0 radical (unpaired) electrons. The number of nitrogens with zero attached hydrogens (tertiary/aromatic N) is 4. The zero-order valence-electron chi connectivity index (χ0n) is 7.94. The number of nitrogens with one attached hydrogen (secondary N) is 1. The summed E-state index contributed by atoms with van der Waals surface area (Å²) in [4.78, 5) is 8.55. The van der Waals surface area contributed by atoms with Crippen molar-refractivity contribution in [3.05, 3.63) is 18.1 Å². The smallest absolute Gasteiger partial charge is 0.254 e. The van der Waals surface area contributed by atoms with Crippen molar-refractivity contribution in [2.24, 2.45) is 0 Å². The molecule has 0 saturated heterocycles. The fourth-order valence-electron chi connectivity index (χ4n) is 1.60. The van der Waals surface area contributed by atoms with E-state index in [0.29, 0.717) is 11.7 Å². The Kier molecular flexibility index (Phi) is 1.47. The van der Waals surface area contributed by atoms with Gasteiger partial charge in [0.15, 0.2) is 0 Å². The Morgan fingerprint density at radius 3 is 3.07 bits per heavy atom. The van der Waals surface area contributed by atoms with Crippen molar-refractivity contribution in [2.75, 3.05) is 12.4 Å². The molecule has 1 saturated carbocycles. The monoisotopic (exact) mass is 189 g/mol. The second kappa shape index (κ2) is 2.67. The number of rotatable bonds is 2. The highest BCUT2D eigenvalue weighted by atomic mass is 15.3. The highest BCUT2D eigenvalue weighted by Gasteiger charge is 2.26. The van der Waals surface area contributed by atoms with E-state index in [1.54, 1.807) is 4.52 Å². The van der Waals surface area contributed by atoms with Gasteiger partial charge in [0.25, 0.3) is 5.78 Å². The molecule has 1 aliphatic rings. The molecule has 0 spiro atoms. The Balaban J connectivity index is 2.23. The zero-order chi connectivity index (χ0) is 9.54. The maximum atomic E-state index is 4.46. The van der Waals surface area contributed by atoms with Crippen molar-refractivity contribution >= 4 is 11.6 Å². The molecule has 2 aromatic heterocycles. The van der Waals surface area contributed by atoms with Gasteiger partial charge in [-0.15, -0.1) is 0 Å².